The molecule has 0 aliphatic carbocycles. The Balaban J connectivity index is 1.58. The number of nitrogens with zero attached hydrogens (tertiary/aromatic N) is 6. The molecule has 0 aromatic carbocycles. The van der Waals surface area contributed by atoms with Crippen molar-refractivity contribution in [1.82, 2.24) is 23.6 Å². The summed E-state index contributed by atoms with van der Waals surface area (Å²) in [5, 5.41) is 0. The van der Waals surface area contributed by atoms with E-state index < -0.39 is 10.2 Å². The van der Waals surface area contributed by atoms with Crippen LogP contribution in [-0.4, -0.2) is 78.9 Å². The van der Waals surface area contributed by atoms with E-state index in [4.69, 9.17) is 9.72 Å². The fraction of sp³-hybridized carbons (Fsp3) is 0.526. The minimum Gasteiger partial charge on any atom is -0.372 e. The maximum absolute atomic E-state index is 12.3. The van der Waals surface area contributed by atoms with Crippen molar-refractivity contribution >= 4 is 16.2 Å². The van der Waals surface area contributed by atoms with Gasteiger partial charge in [-0.05, 0) is 30.5 Å². The predicted octanol–water partition coefficient (Wildman–Crippen LogP) is 1.32. The van der Waals surface area contributed by atoms with Gasteiger partial charge < -0.3 is 9.64 Å². The third-order valence-electron chi connectivity index (χ3n) is 5.34. The first-order valence-electron chi connectivity index (χ1n) is 9.78. The second-order valence-electron chi connectivity index (χ2n) is 7.38. The number of hydrogen-bond acceptors (Lipinski definition) is 7. The normalized spacial score (nSPS) is 21.1. The van der Waals surface area contributed by atoms with Gasteiger partial charge in [0.1, 0.15) is 6.10 Å². The van der Waals surface area contributed by atoms with Gasteiger partial charge in [-0.3, -0.25) is 4.98 Å². The van der Waals surface area contributed by atoms with Crippen molar-refractivity contribution in [3.8, 4) is 11.1 Å². The van der Waals surface area contributed by atoms with Crippen molar-refractivity contribution in [2.24, 2.45) is 0 Å². The number of anilines is 1. The van der Waals surface area contributed by atoms with Crippen molar-refractivity contribution in [1.29, 1.82) is 0 Å². The van der Waals surface area contributed by atoms with Crippen LogP contribution in [0.1, 0.15) is 24.6 Å². The lowest BCUT2D eigenvalue weighted by Crippen LogP contribution is -2.52. The lowest BCUT2D eigenvalue weighted by molar-refractivity contribution is 0.109. The van der Waals surface area contributed by atoms with Crippen LogP contribution >= 0.6 is 0 Å². The summed E-state index contributed by atoms with van der Waals surface area (Å²) < 4.78 is 33.3. The molecular formula is C19H26N6O3S. The Morgan fingerprint density at radius 1 is 1.14 bits per heavy atom. The van der Waals surface area contributed by atoms with Gasteiger partial charge in [0.15, 0.2) is 0 Å². The minimum atomic E-state index is -3.40. The number of rotatable bonds is 5. The Labute approximate surface area is 171 Å². The zero-order valence-corrected chi connectivity index (χ0v) is 17.5. The Kier molecular flexibility index (Phi) is 5.77. The van der Waals surface area contributed by atoms with Gasteiger partial charge in [0.25, 0.3) is 10.2 Å². The summed E-state index contributed by atoms with van der Waals surface area (Å²) >= 11 is 0. The average molecular weight is 419 g/mol. The molecule has 2 fully saturated rings. The fourth-order valence-corrected chi connectivity index (χ4v) is 4.77. The van der Waals surface area contributed by atoms with Gasteiger partial charge in [-0.25, -0.2) is 9.97 Å². The van der Waals surface area contributed by atoms with E-state index in [9.17, 15) is 8.42 Å². The Morgan fingerprint density at radius 2 is 1.86 bits per heavy atom. The highest BCUT2D eigenvalue weighted by Gasteiger charge is 2.30. The van der Waals surface area contributed by atoms with Gasteiger partial charge >= 0.3 is 0 Å². The monoisotopic (exact) mass is 418 g/mol. The van der Waals surface area contributed by atoms with Gasteiger partial charge in [0, 0.05) is 71.0 Å². The van der Waals surface area contributed by atoms with E-state index in [1.165, 1.54) is 8.61 Å². The molecule has 2 aliphatic rings. The quantitative estimate of drug-likeness (QED) is 0.723. The molecule has 0 N–H and O–H groups in total. The van der Waals surface area contributed by atoms with Gasteiger partial charge in [0.2, 0.25) is 5.95 Å². The Morgan fingerprint density at radius 3 is 2.48 bits per heavy atom. The van der Waals surface area contributed by atoms with Crippen molar-refractivity contribution in [2.75, 3.05) is 51.8 Å². The predicted molar refractivity (Wildman–Crippen MR) is 110 cm³/mol. The standard InChI is InChI=1S/C19H26N6O3S/c1-23(2)29(26,27)25-11-9-24(10-12-25)19-21-14-16(15-5-7-20-8-6-15)18(22-19)17-4-3-13-28-17/h5-8,14,17H,3-4,9-13H2,1-2H3. The van der Waals surface area contributed by atoms with Crippen LogP contribution in [0.25, 0.3) is 11.1 Å². The maximum atomic E-state index is 12.3. The van der Waals surface area contributed by atoms with Crippen LogP contribution in [0.5, 0.6) is 0 Å². The second kappa shape index (κ2) is 8.31. The van der Waals surface area contributed by atoms with Crippen LogP contribution in [0.15, 0.2) is 30.7 Å². The summed E-state index contributed by atoms with van der Waals surface area (Å²) in [4.78, 5) is 15.6. The summed E-state index contributed by atoms with van der Waals surface area (Å²) in [7, 11) is -0.292. The lowest BCUT2D eigenvalue weighted by atomic mass is 10.0. The smallest absolute Gasteiger partial charge is 0.281 e. The largest absolute Gasteiger partial charge is 0.372 e. The third-order valence-corrected chi connectivity index (χ3v) is 7.28. The fourth-order valence-electron chi connectivity index (χ4n) is 3.68. The van der Waals surface area contributed by atoms with Crippen LogP contribution in [0, 0.1) is 0 Å². The minimum absolute atomic E-state index is 0.0460. The second-order valence-corrected chi connectivity index (χ2v) is 9.53. The van der Waals surface area contributed by atoms with Gasteiger partial charge in [-0.1, -0.05) is 0 Å². The van der Waals surface area contributed by atoms with Gasteiger partial charge in [-0.15, -0.1) is 0 Å². The van der Waals surface area contributed by atoms with E-state index in [2.05, 4.69) is 9.97 Å². The summed E-state index contributed by atoms with van der Waals surface area (Å²) in [6.07, 6.45) is 7.26. The van der Waals surface area contributed by atoms with Crippen LogP contribution in [0.2, 0.25) is 0 Å². The van der Waals surface area contributed by atoms with E-state index in [0.29, 0.717) is 32.1 Å². The molecule has 2 aliphatic heterocycles. The Hall–Kier alpha value is -2.14. The molecule has 2 saturated heterocycles. The molecule has 9 nitrogen and oxygen atoms in total. The van der Waals surface area contributed by atoms with Crippen molar-refractivity contribution < 1.29 is 13.2 Å². The van der Waals surface area contributed by atoms with Crippen LogP contribution in [0.3, 0.4) is 0 Å². The van der Waals surface area contributed by atoms with E-state index >= 15 is 0 Å². The zero-order valence-electron chi connectivity index (χ0n) is 16.7. The zero-order chi connectivity index (χ0) is 20.4. The topological polar surface area (TPSA) is 91.8 Å². The molecular weight excluding hydrogens is 392 g/mol. The van der Waals surface area contributed by atoms with Crippen molar-refractivity contribution in [2.45, 2.75) is 18.9 Å². The van der Waals surface area contributed by atoms with E-state index in [1.807, 2.05) is 23.2 Å². The summed E-state index contributed by atoms with van der Waals surface area (Å²) in [6, 6.07) is 3.89. The molecule has 156 valence electrons. The Bertz CT molecular complexity index is 940. The molecule has 10 heteroatoms. The number of hydrogen-bond donors (Lipinski definition) is 0. The molecule has 29 heavy (non-hydrogen) atoms. The van der Waals surface area contributed by atoms with E-state index in [1.54, 1.807) is 26.5 Å². The molecule has 1 atom stereocenters. The highest BCUT2D eigenvalue weighted by molar-refractivity contribution is 7.86. The van der Waals surface area contributed by atoms with Crippen LogP contribution in [0.4, 0.5) is 5.95 Å². The average Bonchev–Trinajstić information content (AvgIpc) is 3.29. The molecule has 4 heterocycles. The number of piperazine rings is 1. The molecule has 0 radical (unpaired) electrons. The molecule has 2 aromatic rings. The number of aromatic nitrogens is 3. The first kappa shape index (κ1) is 20.1. The molecule has 0 amide bonds. The highest BCUT2D eigenvalue weighted by atomic mass is 32.2. The summed E-state index contributed by atoms with van der Waals surface area (Å²) in [6.45, 7) is 2.65. The first-order chi connectivity index (χ1) is 14.0. The summed E-state index contributed by atoms with van der Waals surface area (Å²) in [5.74, 6) is 0.621. The van der Waals surface area contributed by atoms with Gasteiger partial charge in [-0.2, -0.15) is 17.0 Å². The molecule has 0 saturated carbocycles. The number of ether oxygens (including phenoxy) is 1. The molecule has 1 unspecified atom stereocenters. The maximum Gasteiger partial charge on any atom is 0.281 e. The van der Waals surface area contributed by atoms with E-state index in [0.717, 1.165) is 36.3 Å². The number of pyridine rings is 1. The van der Waals surface area contributed by atoms with Crippen LogP contribution in [-0.2, 0) is 14.9 Å². The van der Waals surface area contributed by atoms with Crippen molar-refractivity contribution in [3.63, 3.8) is 0 Å². The van der Waals surface area contributed by atoms with Gasteiger partial charge in [0.05, 0.1) is 5.69 Å². The first-order valence-corrected chi connectivity index (χ1v) is 11.2. The molecule has 2 aromatic heterocycles. The SMILES string of the molecule is CN(C)S(=O)(=O)N1CCN(c2ncc(-c3ccncc3)c(C3CCCO3)n2)CC1. The van der Waals surface area contributed by atoms with Crippen molar-refractivity contribution in [3.05, 3.63) is 36.4 Å². The van der Waals surface area contributed by atoms with Crippen LogP contribution < -0.4 is 4.90 Å². The molecule has 4 rings (SSSR count). The molecule has 0 spiro atoms. The lowest BCUT2D eigenvalue weighted by Gasteiger charge is -2.35. The third kappa shape index (κ3) is 4.11. The van der Waals surface area contributed by atoms with E-state index in [-0.39, 0.29) is 6.10 Å². The highest BCUT2D eigenvalue weighted by Crippen LogP contribution is 2.35. The molecule has 0 bridgehead atoms. The summed E-state index contributed by atoms with van der Waals surface area (Å²) in [5.41, 5.74) is 2.86.